The lowest BCUT2D eigenvalue weighted by Crippen LogP contribution is -2.23. The van der Waals surface area contributed by atoms with Crippen molar-refractivity contribution in [3.63, 3.8) is 0 Å². The van der Waals surface area contributed by atoms with E-state index in [0.717, 1.165) is 35.6 Å². The predicted octanol–water partition coefficient (Wildman–Crippen LogP) is 3.29. The van der Waals surface area contributed by atoms with Crippen molar-refractivity contribution < 1.29 is 0 Å². The molecule has 1 N–H and O–H groups in total. The third-order valence-corrected chi connectivity index (χ3v) is 5.18. The SMILES string of the molecule is C[C@H](NCc1cc(Br)cs1)c1nnc2n1CCCC2. The Labute approximate surface area is 125 Å². The van der Waals surface area contributed by atoms with Crippen LogP contribution in [0, 0.1) is 0 Å². The molecule has 0 saturated heterocycles. The molecule has 0 fully saturated rings. The molecule has 102 valence electrons. The maximum atomic E-state index is 4.36. The van der Waals surface area contributed by atoms with Gasteiger partial charge in [0.05, 0.1) is 6.04 Å². The molecule has 0 amide bonds. The summed E-state index contributed by atoms with van der Waals surface area (Å²) < 4.78 is 3.44. The summed E-state index contributed by atoms with van der Waals surface area (Å²) >= 11 is 5.25. The summed E-state index contributed by atoms with van der Waals surface area (Å²) in [7, 11) is 0. The van der Waals surface area contributed by atoms with Crippen molar-refractivity contribution in [1.29, 1.82) is 0 Å². The summed E-state index contributed by atoms with van der Waals surface area (Å²) in [5, 5.41) is 14.3. The quantitative estimate of drug-likeness (QED) is 0.928. The minimum atomic E-state index is 0.236. The summed E-state index contributed by atoms with van der Waals surface area (Å²) in [4.78, 5) is 1.33. The van der Waals surface area contributed by atoms with Crippen molar-refractivity contribution in [2.75, 3.05) is 0 Å². The Morgan fingerprint density at radius 1 is 1.47 bits per heavy atom. The van der Waals surface area contributed by atoms with Crippen LogP contribution in [0.3, 0.4) is 0 Å². The number of thiophene rings is 1. The molecule has 19 heavy (non-hydrogen) atoms. The minimum Gasteiger partial charge on any atom is -0.314 e. The van der Waals surface area contributed by atoms with E-state index >= 15 is 0 Å². The third-order valence-electron chi connectivity index (χ3n) is 3.48. The molecule has 0 aliphatic carbocycles. The molecule has 3 heterocycles. The molecule has 6 heteroatoms. The van der Waals surface area contributed by atoms with E-state index in [9.17, 15) is 0 Å². The number of nitrogens with one attached hydrogen (secondary N) is 1. The highest BCUT2D eigenvalue weighted by molar-refractivity contribution is 9.10. The van der Waals surface area contributed by atoms with Crippen molar-refractivity contribution >= 4 is 27.3 Å². The van der Waals surface area contributed by atoms with Gasteiger partial charge in [0.1, 0.15) is 11.6 Å². The van der Waals surface area contributed by atoms with E-state index in [1.165, 1.54) is 17.7 Å². The van der Waals surface area contributed by atoms with Gasteiger partial charge in [-0.3, -0.25) is 0 Å². The fraction of sp³-hybridized carbons (Fsp3) is 0.538. The summed E-state index contributed by atoms with van der Waals surface area (Å²) in [5.41, 5.74) is 0. The lowest BCUT2D eigenvalue weighted by molar-refractivity contribution is 0.466. The van der Waals surface area contributed by atoms with Gasteiger partial charge >= 0.3 is 0 Å². The Hall–Kier alpha value is -0.720. The van der Waals surface area contributed by atoms with Crippen LogP contribution in [0.15, 0.2) is 15.9 Å². The second-order valence-corrected chi connectivity index (χ2v) is 6.83. The molecule has 1 aliphatic heterocycles. The monoisotopic (exact) mass is 340 g/mol. The van der Waals surface area contributed by atoms with Crippen LogP contribution in [0.1, 0.15) is 42.3 Å². The largest absolute Gasteiger partial charge is 0.314 e. The van der Waals surface area contributed by atoms with Crippen molar-refractivity contribution in [2.45, 2.75) is 45.3 Å². The molecule has 0 bridgehead atoms. The fourth-order valence-corrected chi connectivity index (χ4v) is 3.84. The Morgan fingerprint density at radius 3 is 3.16 bits per heavy atom. The number of hydrogen-bond donors (Lipinski definition) is 1. The molecule has 1 atom stereocenters. The van der Waals surface area contributed by atoms with Gasteiger partial charge < -0.3 is 9.88 Å². The maximum absolute atomic E-state index is 4.36. The average molecular weight is 341 g/mol. The number of hydrogen-bond acceptors (Lipinski definition) is 4. The van der Waals surface area contributed by atoms with E-state index < -0.39 is 0 Å². The molecule has 0 radical (unpaired) electrons. The summed E-state index contributed by atoms with van der Waals surface area (Å²) in [6.07, 6.45) is 3.55. The van der Waals surface area contributed by atoms with Gasteiger partial charge in [0, 0.05) is 34.2 Å². The van der Waals surface area contributed by atoms with Crippen LogP contribution in [0.2, 0.25) is 0 Å². The molecule has 0 saturated carbocycles. The summed E-state index contributed by atoms with van der Waals surface area (Å²) in [6, 6.07) is 2.39. The number of rotatable bonds is 4. The van der Waals surface area contributed by atoms with E-state index in [1.54, 1.807) is 11.3 Å². The van der Waals surface area contributed by atoms with Crippen LogP contribution >= 0.6 is 27.3 Å². The Morgan fingerprint density at radius 2 is 2.37 bits per heavy atom. The van der Waals surface area contributed by atoms with E-state index in [0.29, 0.717) is 0 Å². The molecule has 0 spiro atoms. The zero-order valence-corrected chi connectivity index (χ0v) is 13.3. The molecule has 1 aliphatic rings. The molecule has 3 rings (SSSR count). The average Bonchev–Trinajstić information content (AvgIpc) is 3.02. The normalized spacial score (nSPS) is 16.3. The van der Waals surface area contributed by atoms with Crippen LogP contribution in [0.4, 0.5) is 0 Å². The first-order chi connectivity index (χ1) is 9.24. The van der Waals surface area contributed by atoms with Crippen LogP contribution in [0.25, 0.3) is 0 Å². The molecule has 2 aromatic heterocycles. The van der Waals surface area contributed by atoms with E-state index in [1.807, 2.05) is 0 Å². The topological polar surface area (TPSA) is 42.7 Å². The first-order valence-electron chi connectivity index (χ1n) is 6.62. The van der Waals surface area contributed by atoms with E-state index in [-0.39, 0.29) is 6.04 Å². The highest BCUT2D eigenvalue weighted by Crippen LogP contribution is 2.22. The third kappa shape index (κ3) is 2.90. The van der Waals surface area contributed by atoms with Crippen LogP contribution in [-0.4, -0.2) is 14.8 Å². The number of fused-ring (bicyclic) bond motifs is 1. The molecular weight excluding hydrogens is 324 g/mol. The Bertz CT molecular complexity index is 563. The lowest BCUT2D eigenvalue weighted by atomic mass is 10.1. The second kappa shape index (κ2) is 5.73. The molecule has 0 aromatic carbocycles. The van der Waals surface area contributed by atoms with E-state index in [4.69, 9.17) is 0 Å². The van der Waals surface area contributed by atoms with Gasteiger partial charge in [0.2, 0.25) is 0 Å². The smallest absolute Gasteiger partial charge is 0.149 e. The van der Waals surface area contributed by atoms with Gasteiger partial charge in [0.25, 0.3) is 0 Å². The van der Waals surface area contributed by atoms with Crippen molar-refractivity contribution in [3.05, 3.63) is 32.4 Å². The number of aryl methyl sites for hydroxylation is 1. The summed E-state index contributed by atoms with van der Waals surface area (Å²) in [5.74, 6) is 2.22. The zero-order chi connectivity index (χ0) is 13.2. The highest BCUT2D eigenvalue weighted by Gasteiger charge is 2.19. The van der Waals surface area contributed by atoms with Crippen LogP contribution in [-0.2, 0) is 19.5 Å². The van der Waals surface area contributed by atoms with Gasteiger partial charge in [-0.1, -0.05) is 0 Å². The van der Waals surface area contributed by atoms with Crippen LogP contribution < -0.4 is 5.32 Å². The Kier molecular flexibility index (Phi) is 4.00. The minimum absolute atomic E-state index is 0.236. The zero-order valence-electron chi connectivity index (χ0n) is 10.9. The first kappa shape index (κ1) is 13.3. The van der Waals surface area contributed by atoms with Gasteiger partial charge in [-0.2, -0.15) is 0 Å². The fourth-order valence-electron chi connectivity index (χ4n) is 2.44. The van der Waals surface area contributed by atoms with Crippen molar-refractivity contribution in [2.24, 2.45) is 0 Å². The van der Waals surface area contributed by atoms with Gasteiger partial charge in [-0.15, -0.1) is 21.5 Å². The molecular formula is C13H17BrN4S. The molecule has 0 unspecified atom stereocenters. The maximum Gasteiger partial charge on any atom is 0.149 e. The lowest BCUT2D eigenvalue weighted by Gasteiger charge is -2.18. The van der Waals surface area contributed by atoms with Crippen molar-refractivity contribution in [1.82, 2.24) is 20.1 Å². The number of halogens is 1. The van der Waals surface area contributed by atoms with Gasteiger partial charge in [-0.05, 0) is 41.8 Å². The standard InChI is InChI=1S/C13H17BrN4S/c1-9(15-7-11-6-10(14)8-19-11)13-17-16-12-4-2-3-5-18(12)13/h6,8-9,15H,2-5,7H2,1H3/t9-/m0/s1. The van der Waals surface area contributed by atoms with Gasteiger partial charge in [0.15, 0.2) is 0 Å². The highest BCUT2D eigenvalue weighted by atomic mass is 79.9. The van der Waals surface area contributed by atoms with Gasteiger partial charge in [-0.25, -0.2) is 0 Å². The predicted molar refractivity (Wildman–Crippen MR) is 80.2 cm³/mol. The van der Waals surface area contributed by atoms with Crippen molar-refractivity contribution in [3.8, 4) is 0 Å². The first-order valence-corrected chi connectivity index (χ1v) is 8.29. The number of nitrogens with zero attached hydrogens (tertiary/aromatic N) is 3. The molecule has 2 aromatic rings. The molecule has 4 nitrogen and oxygen atoms in total. The van der Waals surface area contributed by atoms with Crippen LogP contribution in [0.5, 0.6) is 0 Å². The second-order valence-electron chi connectivity index (χ2n) is 4.92. The number of aromatic nitrogens is 3. The Balaban J connectivity index is 1.67. The van der Waals surface area contributed by atoms with E-state index in [2.05, 4.69) is 54.4 Å². The summed E-state index contributed by atoms with van der Waals surface area (Å²) in [6.45, 7) is 4.10.